The topological polar surface area (TPSA) is 60.5 Å². The second kappa shape index (κ2) is 9.51. The van der Waals surface area contributed by atoms with Gasteiger partial charge in [-0.25, -0.2) is 9.37 Å². The van der Waals surface area contributed by atoms with Gasteiger partial charge in [0, 0.05) is 17.0 Å². The number of hydrogen-bond acceptors (Lipinski definition) is 5. The van der Waals surface area contributed by atoms with E-state index in [1.807, 2.05) is 31.2 Å². The molecular formula is C26H27FN2O3S. The lowest BCUT2D eigenvalue weighted by Crippen LogP contribution is -2.39. The van der Waals surface area contributed by atoms with Crippen molar-refractivity contribution >= 4 is 17.2 Å². The third-order valence-corrected chi connectivity index (χ3v) is 7.17. The van der Waals surface area contributed by atoms with E-state index in [4.69, 9.17) is 9.47 Å². The molecule has 2 heterocycles. The standard InChI is InChI=1S/C26H27FN2O3S/c1-16-28-23(15-33-16)26(30)29-18-7-9-19(10-8-18)31-20-11-13-24-17(14-20)6-12-25(32-24)21-4-2-3-5-22(21)27/h2-5,11,13-15,18-19,25H,6-10,12H2,1H3,(H,29,30)/t18-,19-,25?. The Bertz CT molecular complexity index is 1140. The molecule has 33 heavy (non-hydrogen) atoms. The highest BCUT2D eigenvalue weighted by atomic mass is 32.1. The van der Waals surface area contributed by atoms with Gasteiger partial charge in [-0.1, -0.05) is 18.2 Å². The van der Waals surface area contributed by atoms with Gasteiger partial charge in [-0.3, -0.25) is 4.79 Å². The van der Waals surface area contributed by atoms with Crippen molar-refractivity contribution < 1.29 is 18.7 Å². The zero-order valence-electron chi connectivity index (χ0n) is 18.6. The van der Waals surface area contributed by atoms with Crippen LogP contribution < -0.4 is 14.8 Å². The number of carbonyl (C=O) groups excluding carboxylic acids is 1. The molecule has 5 rings (SSSR count). The quantitative estimate of drug-likeness (QED) is 0.518. The molecule has 0 radical (unpaired) electrons. The van der Waals surface area contributed by atoms with Crippen LogP contribution in [0.2, 0.25) is 0 Å². The van der Waals surface area contributed by atoms with E-state index in [9.17, 15) is 9.18 Å². The second-order valence-electron chi connectivity index (χ2n) is 8.75. The number of nitrogens with zero attached hydrogens (tertiary/aromatic N) is 1. The molecule has 1 N–H and O–H groups in total. The number of amides is 1. The van der Waals surface area contributed by atoms with Crippen LogP contribution in [0.1, 0.15) is 64.8 Å². The number of thiazole rings is 1. The molecule has 5 nitrogen and oxygen atoms in total. The Balaban J connectivity index is 1.14. The number of aryl methyl sites for hydroxylation is 2. The number of rotatable bonds is 5. The first kappa shape index (κ1) is 21.9. The van der Waals surface area contributed by atoms with Gasteiger partial charge in [0.05, 0.1) is 11.1 Å². The largest absolute Gasteiger partial charge is 0.490 e. The van der Waals surface area contributed by atoms with Crippen LogP contribution in [0.25, 0.3) is 0 Å². The molecule has 1 amide bonds. The molecule has 3 aromatic rings. The summed E-state index contributed by atoms with van der Waals surface area (Å²) in [4.78, 5) is 16.6. The number of hydrogen-bond donors (Lipinski definition) is 1. The van der Waals surface area contributed by atoms with Gasteiger partial charge in [0.25, 0.3) is 5.91 Å². The highest BCUT2D eigenvalue weighted by Crippen LogP contribution is 2.38. The predicted octanol–water partition coefficient (Wildman–Crippen LogP) is 5.78. The highest BCUT2D eigenvalue weighted by Gasteiger charge is 2.26. The van der Waals surface area contributed by atoms with Crippen LogP contribution >= 0.6 is 11.3 Å². The molecule has 0 saturated heterocycles. The van der Waals surface area contributed by atoms with Crippen LogP contribution in [-0.4, -0.2) is 23.0 Å². The third kappa shape index (κ3) is 5.03. The average Bonchev–Trinajstić information content (AvgIpc) is 3.27. The van der Waals surface area contributed by atoms with E-state index in [2.05, 4.69) is 10.3 Å². The van der Waals surface area contributed by atoms with Gasteiger partial charge in [0.2, 0.25) is 0 Å². The minimum Gasteiger partial charge on any atom is -0.490 e. The first-order chi connectivity index (χ1) is 16.0. The van der Waals surface area contributed by atoms with Crippen molar-refractivity contribution in [2.24, 2.45) is 0 Å². The van der Waals surface area contributed by atoms with E-state index in [1.54, 1.807) is 17.5 Å². The van der Waals surface area contributed by atoms with Crippen molar-refractivity contribution in [3.63, 3.8) is 0 Å². The van der Waals surface area contributed by atoms with Crippen molar-refractivity contribution in [3.05, 3.63) is 75.5 Å². The van der Waals surface area contributed by atoms with Gasteiger partial charge in [-0.15, -0.1) is 11.3 Å². The lowest BCUT2D eigenvalue weighted by molar-refractivity contribution is 0.0889. The van der Waals surface area contributed by atoms with Gasteiger partial charge in [-0.2, -0.15) is 0 Å². The van der Waals surface area contributed by atoms with Crippen LogP contribution in [0.3, 0.4) is 0 Å². The summed E-state index contributed by atoms with van der Waals surface area (Å²) in [5.41, 5.74) is 2.21. The summed E-state index contributed by atoms with van der Waals surface area (Å²) in [5, 5.41) is 5.80. The number of aromatic nitrogens is 1. The fourth-order valence-corrected chi connectivity index (χ4v) is 5.23. The lowest BCUT2D eigenvalue weighted by atomic mass is 9.92. The molecule has 0 bridgehead atoms. The molecule has 1 atom stereocenters. The van der Waals surface area contributed by atoms with E-state index in [-0.39, 0.29) is 30.0 Å². The Kier molecular flexibility index (Phi) is 6.31. The number of nitrogens with one attached hydrogen (secondary N) is 1. The molecule has 1 aliphatic carbocycles. The number of carbonyl (C=O) groups is 1. The number of benzene rings is 2. The predicted molar refractivity (Wildman–Crippen MR) is 126 cm³/mol. The molecule has 1 saturated carbocycles. The SMILES string of the molecule is Cc1nc(C(=O)N[C@H]2CC[C@H](Oc3ccc4c(c3)CCC(c3ccccc3F)O4)CC2)cs1. The molecule has 1 fully saturated rings. The number of ether oxygens (including phenoxy) is 2. The van der Waals surface area contributed by atoms with Crippen molar-refractivity contribution in [1.29, 1.82) is 0 Å². The van der Waals surface area contributed by atoms with Crippen molar-refractivity contribution in [2.75, 3.05) is 0 Å². The fraction of sp³-hybridized carbons (Fsp3) is 0.385. The van der Waals surface area contributed by atoms with Crippen molar-refractivity contribution in [3.8, 4) is 11.5 Å². The highest BCUT2D eigenvalue weighted by molar-refractivity contribution is 7.09. The maximum Gasteiger partial charge on any atom is 0.270 e. The van der Waals surface area contributed by atoms with Gasteiger partial charge in [0.1, 0.15) is 29.1 Å². The maximum atomic E-state index is 14.1. The van der Waals surface area contributed by atoms with E-state index in [1.165, 1.54) is 17.4 Å². The Morgan fingerprint density at radius 1 is 1.15 bits per heavy atom. The maximum absolute atomic E-state index is 14.1. The van der Waals surface area contributed by atoms with Gasteiger partial charge >= 0.3 is 0 Å². The van der Waals surface area contributed by atoms with Gasteiger partial charge in [-0.05, 0) is 75.3 Å². The third-order valence-electron chi connectivity index (χ3n) is 6.39. The molecule has 1 aromatic heterocycles. The van der Waals surface area contributed by atoms with Gasteiger partial charge < -0.3 is 14.8 Å². The van der Waals surface area contributed by atoms with E-state index in [0.717, 1.165) is 60.6 Å². The monoisotopic (exact) mass is 466 g/mol. The minimum atomic E-state index is -0.260. The van der Waals surface area contributed by atoms with E-state index in [0.29, 0.717) is 11.3 Å². The van der Waals surface area contributed by atoms with Crippen LogP contribution in [-0.2, 0) is 6.42 Å². The summed E-state index contributed by atoms with van der Waals surface area (Å²) < 4.78 is 26.5. The summed E-state index contributed by atoms with van der Waals surface area (Å²) in [6.45, 7) is 1.90. The van der Waals surface area contributed by atoms with Crippen LogP contribution in [0.15, 0.2) is 47.8 Å². The second-order valence-corrected chi connectivity index (χ2v) is 9.82. The van der Waals surface area contributed by atoms with Crippen LogP contribution in [0.4, 0.5) is 4.39 Å². The molecule has 1 aliphatic heterocycles. The smallest absolute Gasteiger partial charge is 0.270 e. The Labute approximate surface area is 197 Å². The van der Waals surface area contributed by atoms with E-state index < -0.39 is 0 Å². The van der Waals surface area contributed by atoms with E-state index >= 15 is 0 Å². The summed E-state index contributed by atoms with van der Waals surface area (Å²) in [5.74, 6) is 1.32. The molecule has 0 spiro atoms. The molecule has 172 valence electrons. The number of halogens is 1. The summed E-state index contributed by atoms with van der Waals surface area (Å²) in [7, 11) is 0. The molecular weight excluding hydrogens is 439 g/mol. The molecule has 1 unspecified atom stereocenters. The first-order valence-corrected chi connectivity index (χ1v) is 12.4. The zero-order chi connectivity index (χ0) is 22.8. The van der Waals surface area contributed by atoms with Crippen molar-refractivity contribution in [2.45, 2.75) is 63.7 Å². The zero-order valence-corrected chi connectivity index (χ0v) is 19.4. The van der Waals surface area contributed by atoms with Gasteiger partial charge in [0.15, 0.2) is 0 Å². The minimum absolute atomic E-state index is 0.0907. The summed E-state index contributed by atoms with van der Waals surface area (Å²) >= 11 is 1.49. The van der Waals surface area contributed by atoms with Crippen LogP contribution in [0, 0.1) is 12.7 Å². The normalized spacial score (nSPS) is 22.2. The Hall–Kier alpha value is -2.93. The van der Waals surface area contributed by atoms with Crippen LogP contribution in [0.5, 0.6) is 11.5 Å². The number of fused-ring (bicyclic) bond motifs is 1. The molecule has 2 aliphatic rings. The Morgan fingerprint density at radius 2 is 1.97 bits per heavy atom. The molecule has 7 heteroatoms. The average molecular weight is 467 g/mol. The summed E-state index contributed by atoms with van der Waals surface area (Å²) in [6.07, 6.45) is 4.99. The van der Waals surface area contributed by atoms with Crippen molar-refractivity contribution in [1.82, 2.24) is 10.3 Å². The lowest BCUT2D eigenvalue weighted by Gasteiger charge is -2.30. The summed E-state index contributed by atoms with van der Waals surface area (Å²) in [6, 6.07) is 12.9. The fourth-order valence-electron chi connectivity index (χ4n) is 4.64. The Morgan fingerprint density at radius 3 is 2.73 bits per heavy atom. The molecule has 2 aromatic carbocycles. The first-order valence-electron chi connectivity index (χ1n) is 11.5.